The standard InChI is InChI=1S/C13H16BrNO3/c14-11-3-1-10(2-4-11)12(9-13(16)17)15-5-7-18-8-6-15/h1-4,12H,5-9H2,(H,16,17). The predicted molar refractivity (Wildman–Crippen MR) is 71.5 cm³/mol. The largest absolute Gasteiger partial charge is 0.481 e. The Kier molecular flexibility index (Phi) is 4.74. The minimum absolute atomic E-state index is 0.0699. The molecule has 0 radical (unpaired) electrons. The molecular formula is C13H16BrNO3. The van der Waals surface area contributed by atoms with Crippen molar-refractivity contribution >= 4 is 21.9 Å². The lowest BCUT2D eigenvalue weighted by Crippen LogP contribution is -2.39. The van der Waals surface area contributed by atoms with Crippen LogP contribution >= 0.6 is 15.9 Å². The van der Waals surface area contributed by atoms with Crippen LogP contribution in [0.3, 0.4) is 0 Å². The van der Waals surface area contributed by atoms with Gasteiger partial charge in [-0.05, 0) is 17.7 Å². The van der Waals surface area contributed by atoms with E-state index in [0.29, 0.717) is 13.2 Å². The van der Waals surface area contributed by atoms with Gasteiger partial charge in [-0.15, -0.1) is 0 Å². The smallest absolute Gasteiger partial charge is 0.305 e. The van der Waals surface area contributed by atoms with Gasteiger partial charge in [0.15, 0.2) is 0 Å². The van der Waals surface area contributed by atoms with Crippen molar-refractivity contribution in [3.8, 4) is 0 Å². The van der Waals surface area contributed by atoms with Gasteiger partial charge in [0.1, 0.15) is 0 Å². The fourth-order valence-electron chi connectivity index (χ4n) is 2.20. The first-order valence-corrected chi connectivity index (χ1v) is 6.75. The van der Waals surface area contributed by atoms with Crippen molar-refractivity contribution in [1.82, 2.24) is 4.90 Å². The maximum absolute atomic E-state index is 11.0. The third kappa shape index (κ3) is 3.54. The molecule has 0 bridgehead atoms. The number of halogens is 1. The van der Waals surface area contributed by atoms with Crippen molar-refractivity contribution < 1.29 is 14.6 Å². The molecule has 0 saturated carbocycles. The molecule has 1 N–H and O–H groups in total. The van der Waals surface area contributed by atoms with E-state index in [2.05, 4.69) is 20.8 Å². The van der Waals surface area contributed by atoms with Gasteiger partial charge in [-0.25, -0.2) is 0 Å². The molecule has 4 nitrogen and oxygen atoms in total. The molecule has 1 atom stereocenters. The molecule has 2 rings (SSSR count). The number of ether oxygens (including phenoxy) is 1. The molecule has 1 aromatic carbocycles. The number of benzene rings is 1. The Labute approximate surface area is 115 Å². The first kappa shape index (κ1) is 13.5. The van der Waals surface area contributed by atoms with Gasteiger partial charge in [0.25, 0.3) is 0 Å². The molecule has 5 heteroatoms. The summed E-state index contributed by atoms with van der Waals surface area (Å²) in [5.74, 6) is -0.769. The third-order valence-electron chi connectivity index (χ3n) is 3.11. The van der Waals surface area contributed by atoms with Crippen LogP contribution in [0.25, 0.3) is 0 Å². The molecule has 18 heavy (non-hydrogen) atoms. The molecular weight excluding hydrogens is 298 g/mol. The maximum atomic E-state index is 11.0. The lowest BCUT2D eigenvalue weighted by molar-refractivity contribution is -0.139. The van der Waals surface area contributed by atoms with E-state index in [9.17, 15) is 4.79 Å². The van der Waals surface area contributed by atoms with Crippen molar-refractivity contribution in [2.45, 2.75) is 12.5 Å². The van der Waals surface area contributed by atoms with Gasteiger partial charge < -0.3 is 9.84 Å². The average Bonchev–Trinajstić information content (AvgIpc) is 2.38. The zero-order chi connectivity index (χ0) is 13.0. The van der Waals surface area contributed by atoms with E-state index < -0.39 is 5.97 Å². The van der Waals surface area contributed by atoms with Gasteiger partial charge in [0.05, 0.1) is 19.6 Å². The molecule has 1 aliphatic rings. The highest BCUT2D eigenvalue weighted by atomic mass is 79.9. The van der Waals surface area contributed by atoms with Gasteiger partial charge in [0.2, 0.25) is 0 Å². The summed E-state index contributed by atoms with van der Waals surface area (Å²) >= 11 is 3.39. The molecule has 0 amide bonds. The Morgan fingerprint density at radius 3 is 2.50 bits per heavy atom. The Bertz CT molecular complexity index is 401. The summed E-state index contributed by atoms with van der Waals surface area (Å²) in [5, 5.41) is 9.06. The molecule has 1 fully saturated rings. The number of rotatable bonds is 4. The molecule has 1 saturated heterocycles. The number of hydrogen-bond donors (Lipinski definition) is 1. The second-order valence-corrected chi connectivity index (χ2v) is 5.23. The number of nitrogens with zero attached hydrogens (tertiary/aromatic N) is 1. The minimum Gasteiger partial charge on any atom is -0.481 e. The van der Waals surface area contributed by atoms with Crippen LogP contribution in [-0.4, -0.2) is 42.3 Å². The molecule has 1 aromatic rings. The van der Waals surface area contributed by atoms with E-state index >= 15 is 0 Å². The summed E-state index contributed by atoms with van der Waals surface area (Å²) in [6, 6.07) is 7.79. The summed E-state index contributed by atoms with van der Waals surface area (Å²) in [6.07, 6.45) is 0.127. The van der Waals surface area contributed by atoms with E-state index in [-0.39, 0.29) is 12.5 Å². The van der Waals surface area contributed by atoms with Crippen molar-refractivity contribution in [1.29, 1.82) is 0 Å². The van der Waals surface area contributed by atoms with Crippen molar-refractivity contribution in [2.24, 2.45) is 0 Å². The molecule has 1 unspecified atom stereocenters. The zero-order valence-corrected chi connectivity index (χ0v) is 11.6. The summed E-state index contributed by atoms with van der Waals surface area (Å²) in [7, 11) is 0. The van der Waals surface area contributed by atoms with Gasteiger partial charge in [0, 0.05) is 23.6 Å². The van der Waals surface area contributed by atoms with Gasteiger partial charge >= 0.3 is 5.97 Å². The highest BCUT2D eigenvalue weighted by Gasteiger charge is 2.24. The second kappa shape index (κ2) is 6.31. The highest BCUT2D eigenvalue weighted by molar-refractivity contribution is 9.10. The van der Waals surface area contributed by atoms with Crippen LogP contribution in [0, 0.1) is 0 Å². The summed E-state index contributed by atoms with van der Waals surface area (Å²) < 4.78 is 6.32. The van der Waals surface area contributed by atoms with E-state index in [1.54, 1.807) is 0 Å². The third-order valence-corrected chi connectivity index (χ3v) is 3.64. The van der Waals surface area contributed by atoms with Crippen molar-refractivity contribution in [3.63, 3.8) is 0 Å². The van der Waals surface area contributed by atoms with E-state index in [1.807, 2.05) is 24.3 Å². The molecule has 0 aliphatic carbocycles. The first-order valence-electron chi connectivity index (χ1n) is 5.96. The quantitative estimate of drug-likeness (QED) is 0.926. The summed E-state index contributed by atoms with van der Waals surface area (Å²) in [6.45, 7) is 2.92. The SMILES string of the molecule is O=C(O)CC(c1ccc(Br)cc1)N1CCOCC1. The van der Waals surface area contributed by atoms with E-state index in [4.69, 9.17) is 9.84 Å². The fraction of sp³-hybridized carbons (Fsp3) is 0.462. The number of morpholine rings is 1. The average molecular weight is 314 g/mol. The minimum atomic E-state index is -0.769. The normalized spacial score (nSPS) is 18.5. The molecule has 1 heterocycles. The lowest BCUT2D eigenvalue weighted by atomic mass is 10.0. The fourth-order valence-corrected chi connectivity index (χ4v) is 2.46. The van der Waals surface area contributed by atoms with Crippen molar-refractivity contribution in [3.05, 3.63) is 34.3 Å². The number of carboxylic acids is 1. The molecule has 0 spiro atoms. The Morgan fingerprint density at radius 1 is 1.33 bits per heavy atom. The molecule has 98 valence electrons. The van der Waals surface area contributed by atoms with Crippen LogP contribution in [0.5, 0.6) is 0 Å². The number of aliphatic carboxylic acids is 1. The highest BCUT2D eigenvalue weighted by Crippen LogP contribution is 2.26. The van der Waals surface area contributed by atoms with Crippen LogP contribution in [0.15, 0.2) is 28.7 Å². The summed E-state index contributed by atoms with van der Waals surface area (Å²) in [4.78, 5) is 13.2. The zero-order valence-electron chi connectivity index (χ0n) is 10.0. The van der Waals surface area contributed by atoms with Crippen LogP contribution < -0.4 is 0 Å². The summed E-state index contributed by atoms with van der Waals surface area (Å²) in [5.41, 5.74) is 1.04. The molecule has 0 aromatic heterocycles. The van der Waals surface area contributed by atoms with Crippen LogP contribution in [0.2, 0.25) is 0 Å². The van der Waals surface area contributed by atoms with Gasteiger partial charge in [-0.2, -0.15) is 0 Å². The van der Waals surface area contributed by atoms with Gasteiger partial charge in [-0.3, -0.25) is 9.69 Å². The monoisotopic (exact) mass is 313 g/mol. The topological polar surface area (TPSA) is 49.8 Å². The lowest BCUT2D eigenvalue weighted by Gasteiger charge is -2.34. The van der Waals surface area contributed by atoms with Gasteiger partial charge in [-0.1, -0.05) is 28.1 Å². The van der Waals surface area contributed by atoms with E-state index in [1.165, 1.54) is 0 Å². The maximum Gasteiger partial charge on any atom is 0.305 e. The second-order valence-electron chi connectivity index (χ2n) is 4.31. The Balaban J connectivity index is 2.17. The van der Waals surface area contributed by atoms with Crippen LogP contribution in [0.4, 0.5) is 0 Å². The predicted octanol–water partition coefficient (Wildman–Crippen LogP) is 2.30. The van der Waals surface area contributed by atoms with E-state index in [0.717, 1.165) is 23.1 Å². The van der Waals surface area contributed by atoms with Crippen LogP contribution in [-0.2, 0) is 9.53 Å². The molecule has 1 aliphatic heterocycles. The Hall–Kier alpha value is -0.910. The van der Waals surface area contributed by atoms with Crippen LogP contribution in [0.1, 0.15) is 18.0 Å². The first-order chi connectivity index (χ1) is 8.66. The Morgan fingerprint density at radius 2 is 1.94 bits per heavy atom. The van der Waals surface area contributed by atoms with Crippen molar-refractivity contribution in [2.75, 3.05) is 26.3 Å². The number of hydrogen-bond acceptors (Lipinski definition) is 3. The number of carbonyl (C=O) groups is 1. The number of carboxylic acid groups (broad SMARTS) is 1.